The molecule has 7 heteroatoms. The van der Waals surface area contributed by atoms with Gasteiger partial charge in [0.05, 0.1) is 11.2 Å². The first-order valence-electron chi connectivity index (χ1n) is 8.25. The summed E-state index contributed by atoms with van der Waals surface area (Å²) in [6.45, 7) is 1.68. The Morgan fingerprint density at radius 3 is 2.48 bits per heavy atom. The number of halogens is 1. The molecule has 0 bridgehead atoms. The number of aryl methyl sites for hydroxylation is 1. The lowest BCUT2D eigenvalue weighted by Crippen LogP contribution is -2.31. The summed E-state index contributed by atoms with van der Waals surface area (Å²) in [6, 6.07) is 14.6. The molecule has 3 aromatic rings. The monoisotopic (exact) mass is 387 g/mol. The number of rotatable bonds is 6. The molecule has 1 heterocycles. The molecule has 0 unspecified atom stereocenters. The van der Waals surface area contributed by atoms with E-state index in [2.05, 4.69) is 5.32 Å². The molecule has 0 saturated heterocycles. The molecule has 0 spiro atoms. The van der Waals surface area contributed by atoms with Gasteiger partial charge < -0.3 is 9.73 Å². The molecular weight excluding hydrogens is 369 g/mol. The minimum Gasteiger partial charge on any atom is -0.468 e. The smallest absolute Gasteiger partial charge is 0.251 e. The fourth-order valence-corrected chi connectivity index (χ4v) is 4.29. The zero-order valence-corrected chi connectivity index (χ0v) is 15.4. The molecule has 1 amide bonds. The summed E-state index contributed by atoms with van der Waals surface area (Å²) in [5.74, 6) is -0.718. The van der Waals surface area contributed by atoms with Crippen LogP contribution in [0.5, 0.6) is 0 Å². The fraction of sp³-hybridized carbons (Fsp3) is 0.150. The zero-order valence-electron chi connectivity index (χ0n) is 14.6. The van der Waals surface area contributed by atoms with Crippen LogP contribution in [0, 0.1) is 12.7 Å². The van der Waals surface area contributed by atoms with Crippen LogP contribution in [0.2, 0.25) is 0 Å². The van der Waals surface area contributed by atoms with Crippen molar-refractivity contribution in [1.29, 1.82) is 0 Å². The summed E-state index contributed by atoms with van der Waals surface area (Å²) < 4.78 is 44.5. The van der Waals surface area contributed by atoms with Crippen molar-refractivity contribution in [2.75, 3.05) is 6.54 Å². The lowest BCUT2D eigenvalue weighted by molar-refractivity contribution is 0.0953. The summed E-state index contributed by atoms with van der Waals surface area (Å²) in [7, 11) is -3.90. The number of nitrogens with one attached hydrogen (secondary N) is 1. The van der Waals surface area contributed by atoms with Crippen LogP contribution < -0.4 is 5.32 Å². The van der Waals surface area contributed by atoms with E-state index in [9.17, 15) is 17.6 Å². The number of amides is 1. The Bertz CT molecular complexity index is 1030. The molecule has 1 aromatic heterocycles. The minimum absolute atomic E-state index is 0.0462. The van der Waals surface area contributed by atoms with E-state index >= 15 is 0 Å². The Hall–Kier alpha value is -2.93. The van der Waals surface area contributed by atoms with Gasteiger partial charge in [-0.2, -0.15) is 0 Å². The maximum absolute atomic E-state index is 13.2. The van der Waals surface area contributed by atoms with Gasteiger partial charge in [0.15, 0.2) is 9.84 Å². The third kappa shape index (κ3) is 4.25. The van der Waals surface area contributed by atoms with Gasteiger partial charge in [-0.1, -0.05) is 17.7 Å². The van der Waals surface area contributed by atoms with Crippen LogP contribution >= 0.6 is 0 Å². The van der Waals surface area contributed by atoms with Crippen molar-refractivity contribution in [3.63, 3.8) is 0 Å². The molecular formula is C20H18FNO4S. The van der Waals surface area contributed by atoms with Crippen molar-refractivity contribution in [3.8, 4) is 0 Å². The maximum Gasteiger partial charge on any atom is 0.251 e. The zero-order chi connectivity index (χ0) is 19.4. The number of benzene rings is 2. The van der Waals surface area contributed by atoms with Crippen LogP contribution in [0.3, 0.4) is 0 Å². The van der Waals surface area contributed by atoms with Crippen LogP contribution in [0.25, 0.3) is 0 Å². The van der Waals surface area contributed by atoms with E-state index in [0.717, 1.165) is 17.7 Å². The predicted molar refractivity (Wildman–Crippen MR) is 98.5 cm³/mol. The summed E-state index contributed by atoms with van der Waals surface area (Å²) in [5, 5.41) is 1.52. The van der Waals surface area contributed by atoms with Crippen LogP contribution in [0.4, 0.5) is 4.39 Å². The Kier molecular flexibility index (Phi) is 5.41. The summed E-state index contributed by atoms with van der Waals surface area (Å²) in [5.41, 5.74) is 1.36. The molecule has 27 heavy (non-hydrogen) atoms. The van der Waals surface area contributed by atoms with Crippen molar-refractivity contribution >= 4 is 15.7 Å². The van der Waals surface area contributed by atoms with E-state index < -0.39 is 20.9 Å². The highest BCUT2D eigenvalue weighted by molar-refractivity contribution is 7.91. The molecule has 1 N–H and O–H groups in total. The molecule has 140 valence electrons. The quantitative estimate of drug-likeness (QED) is 0.655. The van der Waals surface area contributed by atoms with E-state index in [1.807, 2.05) is 13.0 Å². The van der Waals surface area contributed by atoms with Gasteiger partial charge in [0, 0.05) is 12.1 Å². The van der Waals surface area contributed by atoms with Crippen LogP contribution in [-0.2, 0) is 9.84 Å². The predicted octanol–water partition coefficient (Wildman–Crippen LogP) is 3.67. The van der Waals surface area contributed by atoms with E-state index in [4.69, 9.17) is 4.42 Å². The third-order valence-corrected chi connectivity index (χ3v) is 6.18. The molecule has 0 fully saturated rings. The molecule has 0 saturated carbocycles. The van der Waals surface area contributed by atoms with E-state index in [1.54, 1.807) is 24.3 Å². The Balaban J connectivity index is 1.86. The highest BCUT2D eigenvalue weighted by Crippen LogP contribution is 2.29. The first-order chi connectivity index (χ1) is 12.9. The highest BCUT2D eigenvalue weighted by atomic mass is 32.2. The van der Waals surface area contributed by atoms with Crippen molar-refractivity contribution < 1.29 is 22.0 Å². The summed E-state index contributed by atoms with van der Waals surface area (Å²) >= 11 is 0. The van der Waals surface area contributed by atoms with Crippen molar-refractivity contribution in [2.24, 2.45) is 0 Å². The Labute approximate surface area is 156 Å². The standard InChI is InChI=1S/C20H18FNO4S/c1-14-4-2-5-15(12-14)20(23)22-13-19(18-6-3-11-26-18)27(24,25)17-9-7-16(21)8-10-17/h2-12,19H,13H2,1H3,(H,22,23)/t19-/m1/s1. The maximum atomic E-state index is 13.2. The molecule has 2 aromatic carbocycles. The fourth-order valence-electron chi connectivity index (χ4n) is 2.70. The number of carbonyl (C=O) groups is 1. The number of furan rings is 1. The molecule has 1 atom stereocenters. The topological polar surface area (TPSA) is 76.4 Å². The number of carbonyl (C=O) groups excluding carboxylic acids is 1. The summed E-state index contributed by atoms with van der Waals surface area (Å²) in [4.78, 5) is 12.3. The van der Waals surface area contributed by atoms with Gasteiger partial charge in [-0.15, -0.1) is 0 Å². The van der Waals surface area contributed by atoms with Crippen LogP contribution in [0.1, 0.15) is 26.9 Å². The second-order valence-electron chi connectivity index (χ2n) is 6.08. The second kappa shape index (κ2) is 7.75. The lowest BCUT2D eigenvalue weighted by atomic mass is 10.1. The average Bonchev–Trinajstić information content (AvgIpc) is 3.16. The van der Waals surface area contributed by atoms with Gasteiger partial charge >= 0.3 is 0 Å². The van der Waals surface area contributed by atoms with Crippen LogP contribution in [-0.4, -0.2) is 20.9 Å². The molecule has 5 nitrogen and oxygen atoms in total. The van der Waals surface area contributed by atoms with Gasteiger partial charge in [0.1, 0.15) is 16.8 Å². The van der Waals surface area contributed by atoms with Gasteiger partial charge in [-0.05, 0) is 55.5 Å². The first kappa shape index (κ1) is 18.8. The molecule has 0 aliphatic heterocycles. The number of hydrogen-bond acceptors (Lipinski definition) is 4. The number of hydrogen-bond donors (Lipinski definition) is 1. The second-order valence-corrected chi connectivity index (χ2v) is 8.21. The van der Waals surface area contributed by atoms with Gasteiger partial charge in [-0.3, -0.25) is 4.79 Å². The highest BCUT2D eigenvalue weighted by Gasteiger charge is 2.32. The summed E-state index contributed by atoms with van der Waals surface area (Å²) in [6.07, 6.45) is 1.37. The lowest BCUT2D eigenvalue weighted by Gasteiger charge is -2.17. The van der Waals surface area contributed by atoms with Gasteiger partial charge in [-0.25, -0.2) is 12.8 Å². The van der Waals surface area contributed by atoms with Crippen molar-refractivity contribution in [3.05, 3.63) is 89.6 Å². The molecule has 3 rings (SSSR count). The van der Waals surface area contributed by atoms with Crippen LogP contribution in [0.15, 0.2) is 76.2 Å². The van der Waals surface area contributed by atoms with Gasteiger partial charge in [0.25, 0.3) is 5.91 Å². The molecule has 0 aliphatic rings. The van der Waals surface area contributed by atoms with E-state index in [0.29, 0.717) is 5.56 Å². The van der Waals surface area contributed by atoms with E-state index in [1.165, 1.54) is 24.5 Å². The molecule has 0 aliphatic carbocycles. The van der Waals surface area contributed by atoms with Gasteiger partial charge in [0.2, 0.25) is 0 Å². The Morgan fingerprint density at radius 1 is 1.11 bits per heavy atom. The average molecular weight is 387 g/mol. The van der Waals surface area contributed by atoms with E-state index in [-0.39, 0.29) is 23.1 Å². The number of sulfone groups is 1. The first-order valence-corrected chi connectivity index (χ1v) is 9.80. The molecule has 0 radical (unpaired) electrons. The minimum atomic E-state index is -3.90. The Morgan fingerprint density at radius 2 is 1.85 bits per heavy atom. The largest absolute Gasteiger partial charge is 0.468 e. The third-order valence-electron chi connectivity index (χ3n) is 4.11. The SMILES string of the molecule is Cc1cccc(C(=O)NC[C@H](c2ccco2)S(=O)(=O)c2ccc(F)cc2)c1. The van der Waals surface area contributed by atoms with Crippen molar-refractivity contribution in [2.45, 2.75) is 17.1 Å². The van der Waals surface area contributed by atoms with Crippen molar-refractivity contribution in [1.82, 2.24) is 5.32 Å². The normalized spacial score (nSPS) is 12.5.